The lowest BCUT2D eigenvalue weighted by Gasteiger charge is -2.47. The van der Waals surface area contributed by atoms with E-state index in [4.69, 9.17) is 28.0 Å². The van der Waals surface area contributed by atoms with Crippen LogP contribution in [0.5, 0.6) is 0 Å². The standard InChI is InChI=1S/C52H93O18P/c1-3-5-7-9-11-13-15-17-19-21-22-24-26-28-30-32-34-41(54)65-37-39(67-42(55)35-33-31-29-27-25-23-20-18-16-14-12-10-8-6-4-2)38-66-71(63,64)70-51-48(61)46(59)45(58)47(60)50(51)69-52-49(62)44(57)43(56)40(36-53)68-52/h13,15,18-21,39-40,43-53,56-62H,3-12,14,16-17,22-38H2,1-2H3,(H,63,64)/b15-13-,20-18-,21-19-/t39-,40?,43-,44?,45-,46?,47?,48?,49-,50-,51-,52-/m1/s1. The molecule has 2 rings (SSSR count). The zero-order valence-electron chi connectivity index (χ0n) is 42.8. The first kappa shape index (κ1) is 65.0. The van der Waals surface area contributed by atoms with Crippen LogP contribution < -0.4 is 0 Å². The maximum Gasteiger partial charge on any atom is 0.472 e. The highest BCUT2D eigenvalue weighted by molar-refractivity contribution is 7.47. The van der Waals surface area contributed by atoms with Crippen LogP contribution in [0.4, 0.5) is 0 Å². The molecule has 2 aliphatic rings. The second-order valence-electron chi connectivity index (χ2n) is 19.1. The highest BCUT2D eigenvalue weighted by Gasteiger charge is 2.55. The number of phosphoric acid groups is 1. The maximum absolute atomic E-state index is 13.4. The van der Waals surface area contributed by atoms with Crippen molar-refractivity contribution in [2.24, 2.45) is 0 Å². The number of rotatable bonds is 41. The first-order valence-electron chi connectivity index (χ1n) is 26.8. The summed E-state index contributed by atoms with van der Waals surface area (Å²) in [6, 6.07) is 0. The van der Waals surface area contributed by atoms with Crippen LogP contribution in [-0.4, -0.2) is 151 Å². The number of carbonyl (C=O) groups is 2. The third-order valence-electron chi connectivity index (χ3n) is 12.8. The molecule has 71 heavy (non-hydrogen) atoms. The Morgan fingerprint density at radius 1 is 0.535 bits per heavy atom. The van der Waals surface area contributed by atoms with Gasteiger partial charge in [-0.2, -0.15) is 0 Å². The van der Waals surface area contributed by atoms with Gasteiger partial charge in [0, 0.05) is 12.8 Å². The van der Waals surface area contributed by atoms with Crippen molar-refractivity contribution in [2.45, 2.75) is 261 Å². The van der Waals surface area contributed by atoms with Crippen LogP contribution in [-0.2, 0) is 42.1 Å². The number of hydrogen-bond acceptors (Lipinski definition) is 17. The van der Waals surface area contributed by atoms with Crippen molar-refractivity contribution >= 4 is 19.8 Å². The van der Waals surface area contributed by atoms with Gasteiger partial charge in [0.15, 0.2) is 12.4 Å². The maximum atomic E-state index is 13.4. The minimum atomic E-state index is -5.38. The van der Waals surface area contributed by atoms with E-state index in [1.54, 1.807) is 0 Å². The van der Waals surface area contributed by atoms with Crippen LogP contribution in [0.3, 0.4) is 0 Å². The fraction of sp³-hybridized carbons (Fsp3) is 0.846. The van der Waals surface area contributed by atoms with Gasteiger partial charge in [-0.15, -0.1) is 0 Å². The first-order valence-corrected chi connectivity index (χ1v) is 28.3. The molecule has 1 aliphatic carbocycles. The van der Waals surface area contributed by atoms with Gasteiger partial charge < -0.3 is 64.7 Å². The highest BCUT2D eigenvalue weighted by Crippen LogP contribution is 2.48. The number of allylic oxidation sites excluding steroid dienone is 6. The molecule has 0 amide bonds. The second-order valence-corrected chi connectivity index (χ2v) is 20.5. The molecule has 1 saturated carbocycles. The van der Waals surface area contributed by atoms with Gasteiger partial charge in [-0.05, 0) is 70.6 Å². The summed E-state index contributed by atoms with van der Waals surface area (Å²) in [6.45, 7) is 2.19. The van der Waals surface area contributed by atoms with E-state index in [-0.39, 0.29) is 12.8 Å². The molecule has 0 aromatic heterocycles. The van der Waals surface area contributed by atoms with Crippen LogP contribution in [0.1, 0.15) is 187 Å². The topological polar surface area (TPSA) is 289 Å². The van der Waals surface area contributed by atoms with Gasteiger partial charge in [-0.25, -0.2) is 4.57 Å². The predicted octanol–water partition coefficient (Wildman–Crippen LogP) is 6.83. The lowest BCUT2D eigenvalue weighted by atomic mass is 9.84. The molecule has 414 valence electrons. The molecule has 18 nitrogen and oxygen atoms in total. The molecular weight excluding hydrogens is 944 g/mol. The third-order valence-corrected chi connectivity index (χ3v) is 13.8. The molecule has 19 heteroatoms. The summed E-state index contributed by atoms with van der Waals surface area (Å²) in [7, 11) is -5.38. The normalized spacial score (nSPS) is 27.4. The largest absolute Gasteiger partial charge is 0.472 e. The van der Waals surface area contributed by atoms with Crippen molar-refractivity contribution in [2.75, 3.05) is 19.8 Å². The first-order chi connectivity index (χ1) is 34.2. The Balaban J connectivity index is 1.93. The average Bonchev–Trinajstić information content (AvgIpc) is 3.35. The smallest absolute Gasteiger partial charge is 0.462 e. The van der Waals surface area contributed by atoms with Gasteiger partial charge >= 0.3 is 19.8 Å². The van der Waals surface area contributed by atoms with Gasteiger partial charge in [0.25, 0.3) is 0 Å². The Morgan fingerprint density at radius 3 is 1.49 bits per heavy atom. The van der Waals surface area contributed by atoms with Crippen LogP contribution in [0, 0.1) is 0 Å². The average molecular weight is 1040 g/mol. The molecule has 6 unspecified atom stereocenters. The molecule has 1 heterocycles. The Kier molecular flexibility index (Phi) is 36.0. The SMILES string of the molecule is CCCCCC/C=C\C/C=C\CCCCCCCC(=O)OC[C@H](COP(=O)(O)O[C@@H]1C(O)C(O)[C@@H](O)C(O)[C@H]1O[C@H]1OC(CO)[C@@H](O)C(O)[C@H]1O)OC(=O)CCCCCCC/C=C\CCCCCCCC. The minimum absolute atomic E-state index is 0.0191. The summed E-state index contributed by atoms with van der Waals surface area (Å²) < 4.78 is 45.5. The Labute approximate surface area is 423 Å². The molecule has 0 radical (unpaired) electrons. The fourth-order valence-electron chi connectivity index (χ4n) is 8.37. The zero-order chi connectivity index (χ0) is 52.3. The molecule has 0 aromatic rings. The van der Waals surface area contributed by atoms with E-state index in [1.165, 1.54) is 64.2 Å². The summed E-state index contributed by atoms with van der Waals surface area (Å²) in [5.41, 5.74) is 0. The Hall–Kier alpha value is -2.13. The number of esters is 2. The molecule has 0 spiro atoms. The van der Waals surface area contributed by atoms with E-state index >= 15 is 0 Å². The lowest BCUT2D eigenvalue weighted by Crippen LogP contribution is -2.67. The molecule has 0 bridgehead atoms. The number of unbranched alkanes of at least 4 members (excludes halogenated alkanes) is 20. The summed E-state index contributed by atoms with van der Waals surface area (Å²) in [4.78, 5) is 36.6. The Bertz CT molecular complexity index is 1510. The van der Waals surface area contributed by atoms with E-state index < -0.39 is 113 Å². The van der Waals surface area contributed by atoms with Gasteiger partial charge in [0.05, 0.1) is 13.2 Å². The fourth-order valence-corrected chi connectivity index (χ4v) is 9.34. The van der Waals surface area contributed by atoms with Crippen molar-refractivity contribution in [3.63, 3.8) is 0 Å². The second kappa shape index (κ2) is 39.3. The summed E-state index contributed by atoms with van der Waals surface area (Å²) in [5, 5.41) is 83.0. The molecule has 0 aromatic carbocycles. The zero-order valence-corrected chi connectivity index (χ0v) is 43.6. The van der Waals surface area contributed by atoms with E-state index in [2.05, 4.69) is 50.3 Å². The summed E-state index contributed by atoms with van der Waals surface area (Å²) in [6.07, 6.45) is 16.4. The number of carbonyl (C=O) groups excluding carboxylic acids is 2. The third kappa shape index (κ3) is 27.8. The van der Waals surface area contributed by atoms with Crippen molar-refractivity contribution in [1.82, 2.24) is 0 Å². The number of phosphoric ester groups is 1. The quantitative estimate of drug-likeness (QED) is 0.0131. The van der Waals surface area contributed by atoms with Gasteiger partial charge in [-0.3, -0.25) is 18.6 Å². The summed E-state index contributed by atoms with van der Waals surface area (Å²) >= 11 is 0. The van der Waals surface area contributed by atoms with E-state index in [1.807, 2.05) is 0 Å². The minimum Gasteiger partial charge on any atom is -0.462 e. The molecular formula is C52H93O18P. The summed E-state index contributed by atoms with van der Waals surface area (Å²) in [5.74, 6) is -1.24. The molecule has 13 atom stereocenters. The van der Waals surface area contributed by atoms with Crippen molar-refractivity contribution in [3.05, 3.63) is 36.5 Å². The van der Waals surface area contributed by atoms with E-state index in [0.29, 0.717) is 12.8 Å². The lowest BCUT2D eigenvalue weighted by molar-refractivity contribution is -0.338. The molecule has 1 saturated heterocycles. The number of hydrogen-bond donors (Lipinski definition) is 9. The Morgan fingerprint density at radius 2 is 0.972 bits per heavy atom. The number of aliphatic hydroxyl groups is 8. The van der Waals surface area contributed by atoms with Crippen molar-refractivity contribution in [3.8, 4) is 0 Å². The van der Waals surface area contributed by atoms with Gasteiger partial charge in [0.1, 0.15) is 67.6 Å². The number of aliphatic hydroxyl groups excluding tert-OH is 8. The van der Waals surface area contributed by atoms with E-state index in [0.717, 1.165) is 83.5 Å². The predicted molar refractivity (Wildman–Crippen MR) is 268 cm³/mol. The molecule has 2 fully saturated rings. The monoisotopic (exact) mass is 1040 g/mol. The number of ether oxygens (including phenoxy) is 4. The molecule has 1 aliphatic heterocycles. The van der Waals surface area contributed by atoms with E-state index in [9.17, 15) is 59.9 Å². The highest BCUT2D eigenvalue weighted by atomic mass is 31.2. The van der Waals surface area contributed by atoms with Crippen LogP contribution in [0.15, 0.2) is 36.5 Å². The van der Waals surface area contributed by atoms with Crippen LogP contribution in [0.25, 0.3) is 0 Å². The van der Waals surface area contributed by atoms with Crippen molar-refractivity contribution < 1.29 is 87.9 Å². The van der Waals surface area contributed by atoms with Crippen LogP contribution >= 0.6 is 7.82 Å². The van der Waals surface area contributed by atoms with Gasteiger partial charge in [0.2, 0.25) is 0 Å². The van der Waals surface area contributed by atoms with Crippen LogP contribution in [0.2, 0.25) is 0 Å². The van der Waals surface area contributed by atoms with Gasteiger partial charge in [-0.1, -0.05) is 140 Å². The van der Waals surface area contributed by atoms with Crippen molar-refractivity contribution in [1.29, 1.82) is 0 Å². The molecule has 9 N–H and O–H groups in total.